The zero-order chi connectivity index (χ0) is 30.4. The topological polar surface area (TPSA) is 60.4 Å². The molecule has 1 saturated heterocycles. The summed E-state index contributed by atoms with van der Waals surface area (Å²) in [4.78, 5) is 41.7. The van der Waals surface area contributed by atoms with E-state index >= 15 is 0 Å². The maximum absolute atomic E-state index is 14.2. The molecule has 1 heterocycles. The van der Waals surface area contributed by atoms with E-state index in [2.05, 4.69) is 31.2 Å². The van der Waals surface area contributed by atoms with E-state index in [0.717, 1.165) is 28.7 Å². The van der Waals surface area contributed by atoms with E-state index in [9.17, 15) is 14.4 Å². The van der Waals surface area contributed by atoms with Crippen LogP contribution in [0.3, 0.4) is 0 Å². The summed E-state index contributed by atoms with van der Waals surface area (Å²) < 4.78 is 6.12. The summed E-state index contributed by atoms with van der Waals surface area (Å²) >= 11 is 0. The van der Waals surface area contributed by atoms with Gasteiger partial charge >= 0.3 is 0 Å². The Morgan fingerprint density at radius 2 is 1.57 bits per heavy atom. The van der Waals surface area contributed by atoms with Gasteiger partial charge in [-0.15, -0.1) is 0 Å². The first-order valence-corrected chi connectivity index (χ1v) is 15.4. The van der Waals surface area contributed by atoms with Gasteiger partial charge in [0.2, 0.25) is 0 Å². The summed E-state index contributed by atoms with van der Waals surface area (Å²) in [5.74, 6) is -1.45. The van der Waals surface area contributed by atoms with Gasteiger partial charge in [0.05, 0.1) is 24.0 Å². The van der Waals surface area contributed by atoms with Crippen LogP contribution in [0.1, 0.15) is 78.7 Å². The number of ether oxygens (including phenoxy) is 1. The number of ketones is 3. The SMILES string of the molecule is CCc1ccccc1CCC(=O)C1C(C(=O)C(C)C(CC(=O)c2cccc(C)c2C)Cc2ccccc2)COC1(C)C. The van der Waals surface area contributed by atoms with Gasteiger partial charge in [0.1, 0.15) is 11.6 Å². The van der Waals surface area contributed by atoms with E-state index < -0.39 is 23.4 Å². The van der Waals surface area contributed by atoms with E-state index in [1.54, 1.807) is 0 Å². The summed E-state index contributed by atoms with van der Waals surface area (Å²) in [6, 6.07) is 24.1. The van der Waals surface area contributed by atoms with Gasteiger partial charge in [-0.25, -0.2) is 0 Å². The van der Waals surface area contributed by atoms with Crippen LogP contribution in [0, 0.1) is 37.5 Å². The molecule has 0 N–H and O–H groups in total. The highest BCUT2D eigenvalue weighted by Crippen LogP contribution is 2.41. The minimum Gasteiger partial charge on any atom is -0.374 e. The van der Waals surface area contributed by atoms with Gasteiger partial charge in [0.25, 0.3) is 0 Å². The minimum absolute atomic E-state index is 0.0302. The number of Topliss-reactive ketones (excluding diaryl/α,β-unsaturated/α-hetero) is 3. The lowest BCUT2D eigenvalue weighted by atomic mass is 9.71. The number of hydrogen-bond acceptors (Lipinski definition) is 4. The third kappa shape index (κ3) is 7.15. The molecule has 0 saturated carbocycles. The molecule has 0 aromatic heterocycles. The van der Waals surface area contributed by atoms with Crippen molar-refractivity contribution >= 4 is 17.3 Å². The zero-order valence-electron chi connectivity index (χ0n) is 26.1. The number of carbonyl (C=O) groups is 3. The molecular weight excluding hydrogens is 520 g/mol. The smallest absolute Gasteiger partial charge is 0.163 e. The van der Waals surface area contributed by atoms with Gasteiger partial charge in [-0.3, -0.25) is 14.4 Å². The van der Waals surface area contributed by atoms with Crippen molar-refractivity contribution < 1.29 is 19.1 Å². The Labute approximate surface area is 251 Å². The quantitative estimate of drug-likeness (QED) is 0.199. The van der Waals surface area contributed by atoms with Gasteiger partial charge in [0.15, 0.2) is 5.78 Å². The Morgan fingerprint density at radius 3 is 2.26 bits per heavy atom. The van der Waals surface area contributed by atoms with Crippen LogP contribution in [0.4, 0.5) is 0 Å². The lowest BCUT2D eigenvalue weighted by Gasteiger charge is -2.30. The first kappa shape index (κ1) is 31.6. The van der Waals surface area contributed by atoms with Crippen molar-refractivity contribution in [3.63, 3.8) is 0 Å². The minimum atomic E-state index is -0.717. The maximum atomic E-state index is 14.2. The molecule has 4 heteroatoms. The molecule has 4 nitrogen and oxygen atoms in total. The second-order valence-corrected chi connectivity index (χ2v) is 12.6. The molecule has 4 atom stereocenters. The maximum Gasteiger partial charge on any atom is 0.163 e. The standard InChI is InChI=1S/C38H46O4/c1-7-29-17-11-12-18-30(29)20-21-34(39)36-33(24-42-38(36,5)6)37(41)27(4)31(22-28-15-9-8-10-16-28)23-35(40)32-19-13-14-25(2)26(32)3/h8-19,27,31,33,36H,7,20-24H2,1-6H3. The average Bonchev–Trinajstić information content (AvgIpc) is 3.31. The lowest BCUT2D eigenvalue weighted by Crippen LogP contribution is -2.41. The van der Waals surface area contributed by atoms with Gasteiger partial charge in [0, 0.05) is 24.3 Å². The largest absolute Gasteiger partial charge is 0.374 e. The number of carbonyl (C=O) groups excluding carboxylic acids is 3. The Kier molecular flexibility index (Phi) is 10.3. The van der Waals surface area contributed by atoms with Crippen LogP contribution in [0.15, 0.2) is 72.8 Å². The van der Waals surface area contributed by atoms with Crippen LogP contribution in [-0.2, 0) is 33.6 Å². The Morgan fingerprint density at radius 1 is 0.905 bits per heavy atom. The van der Waals surface area contributed by atoms with E-state index in [1.807, 2.05) is 83.1 Å². The van der Waals surface area contributed by atoms with Gasteiger partial charge in [-0.2, -0.15) is 0 Å². The van der Waals surface area contributed by atoms with Crippen LogP contribution in [-0.4, -0.2) is 29.6 Å². The van der Waals surface area contributed by atoms with Gasteiger partial charge < -0.3 is 4.74 Å². The molecule has 3 aromatic carbocycles. The molecule has 1 fully saturated rings. The molecule has 3 aromatic rings. The van der Waals surface area contributed by atoms with Crippen molar-refractivity contribution in [1.29, 1.82) is 0 Å². The molecular formula is C38H46O4. The number of benzene rings is 3. The predicted octanol–water partition coefficient (Wildman–Crippen LogP) is 7.75. The third-order valence-electron chi connectivity index (χ3n) is 9.49. The van der Waals surface area contributed by atoms with Crippen LogP contribution < -0.4 is 0 Å². The Balaban J connectivity index is 1.56. The highest BCUT2D eigenvalue weighted by molar-refractivity contribution is 5.98. The fourth-order valence-electron chi connectivity index (χ4n) is 6.71. The molecule has 0 spiro atoms. The van der Waals surface area contributed by atoms with Crippen LogP contribution in [0.2, 0.25) is 0 Å². The van der Waals surface area contributed by atoms with Crippen molar-refractivity contribution in [3.05, 3.63) is 106 Å². The predicted molar refractivity (Wildman–Crippen MR) is 169 cm³/mol. The van der Waals surface area contributed by atoms with Crippen molar-refractivity contribution in [2.24, 2.45) is 23.7 Å². The van der Waals surface area contributed by atoms with Crippen molar-refractivity contribution in [2.75, 3.05) is 6.61 Å². The normalized spacial score (nSPS) is 19.3. The number of hydrogen-bond donors (Lipinski definition) is 0. The second kappa shape index (κ2) is 13.7. The van der Waals surface area contributed by atoms with Crippen LogP contribution in [0.25, 0.3) is 0 Å². The van der Waals surface area contributed by atoms with Crippen LogP contribution in [0.5, 0.6) is 0 Å². The van der Waals surface area contributed by atoms with Gasteiger partial charge in [-0.05, 0) is 80.7 Å². The van der Waals surface area contributed by atoms with Crippen molar-refractivity contribution in [3.8, 4) is 0 Å². The van der Waals surface area contributed by atoms with Crippen molar-refractivity contribution in [2.45, 2.75) is 79.2 Å². The van der Waals surface area contributed by atoms with E-state index in [-0.39, 0.29) is 36.3 Å². The average molecular weight is 567 g/mol. The highest BCUT2D eigenvalue weighted by atomic mass is 16.5. The zero-order valence-corrected chi connectivity index (χ0v) is 26.1. The summed E-state index contributed by atoms with van der Waals surface area (Å²) in [5.41, 5.74) is 5.61. The molecule has 4 rings (SSSR count). The summed E-state index contributed by atoms with van der Waals surface area (Å²) in [6.45, 7) is 12.2. The summed E-state index contributed by atoms with van der Waals surface area (Å²) in [7, 11) is 0. The summed E-state index contributed by atoms with van der Waals surface area (Å²) in [5, 5.41) is 0. The molecule has 222 valence electrons. The highest BCUT2D eigenvalue weighted by Gasteiger charge is 2.51. The molecule has 0 radical (unpaired) electrons. The number of aryl methyl sites for hydroxylation is 3. The lowest BCUT2D eigenvalue weighted by molar-refractivity contribution is -0.135. The number of rotatable bonds is 13. The molecule has 1 aliphatic rings. The molecule has 42 heavy (non-hydrogen) atoms. The first-order valence-electron chi connectivity index (χ1n) is 15.4. The van der Waals surface area contributed by atoms with E-state index in [0.29, 0.717) is 19.3 Å². The third-order valence-corrected chi connectivity index (χ3v) is 9.49. The van der Waals surface area contributed by atoms with Gasteiger partial charge in [-0.1, -0.05) is 86.6 Å². The fraction of sp³-hybridized carbons (Fsp3) is 0.447. The Hall–Kier alpha value is -3.37. The monoisotopic (exact) mass is 566 g/mol. The first-order chi connectivity index (χ1) is 20.0. The summed E-state index contributed by atoms with van der Waals surface area (Å²) in [6.07, 6.45) is 2.85. The van der Waals surface area contributed by atoms with E-state index in [4.69, 9.17) is 4.74 Å². The molecule has 0 bridgehead atoms. The molecule has 0 aliphatic carbocycles. The van der Waals surface area contributed by atoms with Crippen molar-refractivity contribution in [1.82, 2.24) is 0 Å². The Bertz CT molecular complexity index is 1400. The molecule has 0 amide bonds. The fourth-order valence-corrected chi connectivity index (χ4v) is 6.71. The van der Waals surface area contributed by atoms with Crippen LogP contribution >= 0.6 is 0 Å². The van der Waals surface area contributed by atoms with E-state index in [1.165, 1.54) is 11.1 Å². The molecule has 4 unspecified atom stereocenters. The molecule has 1 aliphatic heterocycles. The second-order valence-electron chi connectivity index (χ2n) is 12.6.